The summed E-state index contributed by atoms with van der Waals surface area (Å²) in [4.78, 5) is 17.4. The maximum Gasteiger partial charge on any atom is 1.00 e. The van der Waals surface area contributed by atoms with Gasteiger partial charge in [-0.25, -0.2) is 0 Å². The predicted molar refractivity (Wildman–Crippen MR) is 23.3 cm³/mol. The summed E-state index contributed by atoms with van der Waals surface area (Å²) in [5, 5.41) is 22.7. The number of rotatable bonds is 0. The van der Waals surface area contributed by atoms with Gasteiger partial charge in [0.2, 0.25) is 6.16 Å². The largest absolute Gasteiger partial charge is 1.00 e. The van der Waals surface area contributed by atoms with Gasteiger partial charge in [-0.2, -0.15) is 0 Å². The van der Waals surface area contributed by atoms with E-state index in [0.717, 1.165) is 6.92 Å². The number of hydrogen-bond donors (Lipinski definition) is 2. The van der Waals surface area contributed by atoms with Crippen molar-refractivity contribution in [3.05, 3.63) is 0 Å². The first kappa shape index (κ1) is 29.8. The maximum absolute atomic E-state index is 9.00. The Labute approximate surface area is 107 Å². The van der Waals surface area contributed by atoms with Crippen molar-refractivity contribution < 1.29 is 89.5 Å². The van der Waals surface area contributed by atoms with Crippen molar-refractivity contribution in [2.45, 2.75) is 6.92 Å². The van der Waals surface area contributed by atoms with E-state index in [9.17, 15) is 0 Å². The van der Waals surface area contributed by atoms with Gasteiger partial charge >= 0.3 is 59.1 Å². The topological polar surface area (TPSA) is 128 Å². The summed E-state index contributed by atoms with van der Waals surface area (Å²) < 4.78 is 0. The van der Waals surface area contributed by atoms with Crippen LogP contribution in [0.1, 0.15) is 6.92 Å². The Bertz CT molecular complexity index is 73.8. The van der Waals surface area contributed by atoms with Crippen LogP contribution < -0.4 is 64.2 Å². The minimum atomic E-state index is -2.08. The molecule has 6 nitrogen and oxygen atoms in total. The van der Waals surface area contributed by atoms with E-state index in [4.69, 9.17) is 24.9 Å². The number of hydrogen-bond acceptors (Lipinski definition) is 4. The molecule has 0 amide bonds. The molecule has 3 N–H and O–H groups in total. The van der Waals surface area contributed by atoms with Gasteiger partial charge in [-0.1, -0.05) is 0 Å². The molecule has 0 unspecified atom stereocenters. The summed E-state index contributed by atoms with van der Waals surface area (Å²) in [5.74, 6) is -0.833. The monoisotopic (exact) mass is 184 g/mol. The minimum Gasteiger partial charge on any atom is -0.870 e. The van der Waals surface area contributed by atoms with Gasteiger partial charge < -0.3 is 25.6 Å². The molecular formula is C3H6Na2O6. The second-order valence-electron chi connectivity index (χ2n) is 0.785. The Hall–Kier alpha value is 0.700. The van der Waals surface area contributed by atoms with Crippen molar-refractivity contribution in [1.29, 1.82) is 0 Å². The molecule has 0 aliphatic rings. The Morgan fingerprint density at radius 2 is 1.18 bits per heavy atom. The van der Waals surface area contributed by atoms with Crippen molar-refractivity contribution in [3.63, 3.8) is 0 Å². The molecule has 0 aliphatic heterocycles. The summed E-state index contributed by atoms with van der Waals surface area (Å²) in [6.07, 6.45) is -2.08. The molecule has 0 spiro atoms. The van der Waals surface area contributed by atoms with Crippen LogP contribution in [-0.4, -0.2) is 27.8 Å². The summed E-state index contributed by atoms with van der Waals surface area (Å²) in [5.41, 5.74) is 0. The average molecular weight is 184 g/mol. The third kappa shape index (κ3) is 1650. The van der Waals surface area contributed by atoms with Gasteiger partial charge in [0.05, 0.1) is 0 Å². The zero-order valence-electron chi connectivity index (χ0n) is 6.57. The van der Waals surface area contributed by atoms with Gasteiger partial charge in [0.25, 0.3) is 5.97 Å². The second-order valence-corrected chi connectivity index (χ2v) is 0.785. The van der Waals surface area contributed by atoms with Gasteiger partial charge in [0.1, 0.15) is 0 Å². The standard InChI is InChI=1S/C2H4O2.CH2O3.2Na.H2O/c1-2(3)4;2-1(3)4;;;/h1H3,(H,3,4);(H2,2,3,4);;;1H2/q;;2*+1;/p-2. The molecule has 0 aromatic heterocycles. The van der Waals surface area contributed by atoms with Gasteiger partial charge in [-0.05, 0) is 0 Å². The van der Waals surface area contributed by atoms with E-state index in [2.05, 4.69) is 0 Å². The zero-order chi connectivity index (χ0) is 7.15. The normalized spacial score (nSPS) is 4.45. The van der Waals surface area contributed by atoms with Crippen LogP contribution in [0.3, 0.4) is 0 Å². The summed E-state index contributed by atoms with van der Waals surface area (Å²) in [7, 11) is 0. The molecule has 0 radical (unpaired) electrons. The molecule has 0 bridgehead atoms. The molecule has 0 saturated carbocycles. The first-order valence-electron chi connectivity index (χ1n) is 1.56. The van der Waals surface area contributed by atoms with Crippen molar-refractivity contribution in [3.8, 4) is 0 Å². The Morgan fingerprint density at radius 1 is 1.18 bits per heavy atom. The quantitative estimate of drug-likeness (QED) is 0.360. The van der Waals surface area contributed by atoms with Crippen LogP contribution >= 0.6 is 0 Å². The van der Waals surface area contributed by atoms with Gasteiger partial charge in [-0.15, -0.1) is 0 Å². The van der Waals surface area contributed by atoms with Gasteiger partial charge in [0, 0.05) is 6.92 Å². The molecule has 11 heavy (non-hydrogen) atoms. The summed E-state index contributed by atoms with van der Waals surface area (Å²) >= 11 is 0. The fourth-order valence-corrected chi connectivity index (χ4v) is 0. The SMILES string of the molecule is CC(=O)O.O=C([O-])O.[Na+].[Na+].[OH-]. The van der Waals surface area contributed by atoms with Crippen molar-refractivity contribution in [2.24, 2.45) is 0 Å². The van der Waals surface area contributed by atoms with Crippen LogP contribution in [0.2, 0.25) is 0 Å². The van der Waals surface area contributed by atoms with Crippen molar-refractivity contribution >= 4 is 12.1 Å². The third-order valence-corrected chi connectivity index (χ3v) is 0. The molecule has 0 fully saturated rings. The molecule has 0 saturated heterocycles. The number of carboxylic acids is 1. The molecule has 8 heteroatoms. The average Bonchev–Trinajstić information content (AvgIpc) is 1.25. The second kappa shape index (κ2) is 22.4. The molecule has 0 aliphatic carbocycles. The number of carbonyl (C=O) groups is 2. The van der Waals surface area contributed by atoms with E-state index in [-0.39, 0.29) is 64.6 Å². The number of aliphatic carboxylic acids is 1. The fraction of sp³-hybridized carbons (Fsp3) is 0.333. The van der Waals surface area contributed by atoms with Crippen molar-refractivity contribution in [2.75, 3.05) is 0 Å². The molecule has 0 aromatic rings. The van der Waals surface area contributed by atoms with E-state index in [1.807, 2.05) is 0 Å². The number of carboxylic acid groups (broad SMARTS) is 3. The molecule has 0 atom stereocenters. The predicted octanol–water partition coefficient (Wildman–Crippen LogP) is -7.19. The van der Waals surface area contributed by atoms with Gasteiger partial charge in [-0.3, -0.25) is 4.79 Å². The van der Waals surface area contributed by atoms with Crippen molar-refractivity contribution in [1.82, 2.24) is 0 Å². The van der Waals surface area contributed by atoms with E-state index in [1.165, 1.54) is 0 Å². The first-order valence-corrected chi connectivity index (χ1v) is 1.56. The smallest absolute Gasteiger partial charge is 0.870 e. The van der Waals surface area contributed by atoms with Crippen LogP contribution in [0.25, 0.3) is 0 Å². The first-order chi connectivity index (χ1) is 3.46. The molecular weight excluding hydrogens is 178 g/mol. The molecule has 0 aromatic carbocycles. The summed E-state index contributed by atoms with van der Waals surface area (Å²) in [6, 6.07) is 0. The van der Waals surface area contributed by atoms with E-state index >= 15 is 0 Å². The summed E-state index contributed by atoms with van der Waals surface area (Å²) in [6.45, 7) is 1.08. The molecule has 56 valence electrons. The molecule has 0 rings (SSSR count). The van der Waals surface area contributed by atoms with Crippen LogP contribution in [0.4, 0.5) is 4.79 Å². The fourth-order valence-electron chi connectivity index (χ4n) is 0. The Balaban J connectivity index is -0.0000000171. The zero-order valence-corrected chi connectivity index (χ0v) is 10.6. The maximum atomic E-state index is 9.00. The third-order valence-electron chi connectivity index (χ3n) is 0. The van der Waals surface area contributed by atoms with E-state index in [1.54, 1.807) is 0 Å². The minimum absolute atomic E-state index is 0. The van der Waals surface area contributed by atoms with Crippen LogP contribution in [-0.2, 0) is 4.79 Å². The van der Waals surface area contributed by atoms with E-state index in [0.29, 0.717) is 0 Å². The van der Waals surface area contributed by atoms with Crippen LogP contribution in [0.5, 0.6) is 0 Å². The van der Waals surface area contributed by atoms with Crippen LogP contribution in [0.15, 0.2) is 0 Å². The Morgan fingerprint density at radius 3 is 1.18 bits per heavy atom. The Kier molecular flexibility index (Phi) is 60.8. The van der Waals surface area contributed by atoms with E-state index < -0.39 is 12.1 Å². The molecule has 0 heterocycles. The van der Waals surface area contributed by atoms with Crippen LogP contribution in [0, 0.1) is 0 Å². The van der Waals surface area contributed by atoms with Gasteiger partial charge in [0.15, 0.2) is 0 Å².